The lowest BCUT2D eigenvalue weighted by molar-refractivity contribution is -0.128. The summed E-state index contributed by atoms with van der Waals surface area (Å²) in [6.45, 7) is 14.2. The predicted molar refractivity (Wildman–Crippen MR) is 143 cm³/mol. The molecule has 6 heteroatoms. The number of rotatable bonds is 8. The SMILES string of the molecule is CC.CCOC=O.CN1CCC2CCCC21.Cc1ccccc1CCC(C)N(P)C(C)C=O. The highest BCUT2D eigenvalue weighted by Crippen LogP contribution is 2.36. The molecule has 2 fully saturated rings. The zero-order chi connectivity index (χ0) is 25.2. The number of nitrogens with zero attached hydrogens (tertiary/aromatic N) is 2. The maximum Gasteiger partial charge on any atom is 0.293 e. The van der Waals surface area contributed by atoms with Crippen molar-refractivity contribution in [3.05, 3.63) is 35.4 Å². The number of aryl methyl sites for hydroxylation is 2. The zero-order valence-corrected chi connectivity index (χ0v) is 23.3. The maximum atomic E-state index is 10.7. The third-order valence-corrected chi connectivity index (χ3v) is 7.52. The van der Waals surface area contributed by atoms with Crippen molar-refractivity contribution < 1.29 is 14.3 Å². The molecule has 0 amide bonds. The van der Waals surface area contributed by atoms with Crippen LogP contribution in [-0.2, 0) is 20.7 Å². The minimum absolute atomic E-state index is 0.0353. The van der Waals surface area contributed by atoms with Crippen LogP contribution < -0.4 is 0 Å². The van der Waals surface area contributed by atoms with Gasteiger partial charge < -0.3 is 14.4 Å². The van der Waals surface area contributed by atoms with Crippen molar-refractivity contribution in [3.63, 3.8) is 0 Å². The summed E-state index contributed by atoms with van der Waals surface area (Å²) in [5.74, 6) is 1.08. The molecule has 1 saturated heterocycles. The van der Waals surface area contributed by atoms with E-state index in [-0.39, 0.29) is 6.04 Å². The van der Waals surface area contributed by atoms with Gasteiger partial charge >= 0.3 is 0 Å². The number of aldehydes is 1. The van der Waals surface area contributed by atoms with E-state index in [1.54, 1.807) is 6.92 Å². The van der Waals surface area contributed by atoms with Gasteiger partial charge in [-0.1, -0.05) is 53.9 Å². The maximum absolute atomic E-state index is 10.7. The Morgan fingerprint density at radius 3 is 2.36 bits per heavy atom. The van der Waals surface area contributed by atoms with Gasteiger partial charge in [-0.25, -0.2) is 0 Å². The van der Waals surface area contributed by atoms with Crippen LogP contribution in [0.4, 0.5) is 0 Å². The van der Waals surface area contributed by atoms with Gasteiger partial charge in [-0.05, 0) is 90.4 Å². The van der Waals surface area contributed by atoms with Crippen molar-refractivity contribution >= 4 is 22.1 Å². The Labute approximate surface area is 205 Å². The molecule has 0 radical (unpaired) electrons. The highest BCUT2D eigenvalue weighted by atomic mass is 31.0. The fourth-order valence-electron chi connectivity index (χ4n) is 4.41. The molecule has 1 aromatic carbocycles. The number of benzene rings is 1. The summed E-state index contributed by atoms with van der Waals surface area (Å²) in [6.07, 6.45) is 9.05. The Bertz CT molecular complexity index is 644. The molecule has 190 valence electrons. The van der Waals surface area contributed by atoms with E-state index in [9.17, 15) is 9.59 Å². The average molecular weight is 481 g/mol. The topological polar surface area (TPSA) is 49.9 Å². The summed E-state index contributed by atoms with van der Waals surface area (Å²) >= 11 is 0. The van der Waals surface area contributed by atoms with Crippen molar-refractivity contribution in [3.8, 4) is 0 Å². The molecular formula is C27H49N2O3P. The van der Waals surface area contributed by atoms with Gasteiger partial charge in [0.15, 0.2) is 0 Å². The second-order valence-corrected chi connectivity index (χ2v) is 9.31. The zero-order valence-electron chi connectivity index (χ0n) is 22.1. The van der Waals surface area contributed by atoms with Crippen LogP contribution in [-0.4, -0.2) is 60.7 Å². The quantitative estimate of drug-likeness (QED) is 0.353. The van der Waals surface area contributed by atoms with Gasteiger partial charge in [-0.3, -0.25) is 9.46 Å². The summed E-state index contributed by atoms with van der Waals surface area (Å²) in [7, 11) is 4.93. The Morgan fingerprint density at radius 2 is 1.85 bits per heavy atom. The number of hydrogen-bond donors (Lipinski definition) is 0. The first-order chi connectivity index (χ1) is 15.8. The van der Waals surface area contributed by atoms with Gasteiger partial charge in [0.05, 0.1) is 12.6 Å². The van der Waals surface area contributed by atoms with Crippen molar-refractivity contribution in [2.75, 3.05) is 20.2 Å². The van der Waals surface area contributed by atoms with Crippen LogP contribution in [0, 0.1) is 12.8 Å². The summed E-state index contributed by atoms with van der Waals surface area (Å²) in [4.78, 5) is 22.4. The molecule has 1 aromatic rings. The number of carbonyl (C=O) groups is 2. The third kappa shape index (κ3) is 12.1. The molecule has 1 aliphatic carbocycles. The lowest BCUT2D eigenvalue weighted by Gasteiger charge is -2.27. The largest absolute Gasteiger partial charge is 0.468 e. The normalized spacial score (nSPS) is 20.6. The van der Waals surface area contributed by atoms with E-state index in [4.69, 9.17) is 0 Å². The highest BCUT2D eigenvalue weighted by molar-refractivity contribution is 7.13. The van der Waals surface area contributed by atoms with E-state index in [0.717, 1.165) is 31.1 Å². The van der Waals surface area contributed by atoms with Gasteiger partial charge in [0.1, 0.15) is 6.29 Å². The smallest absolute Gasteiger partial charge is 0.293 e. The molecule has 5 nitrogen and oxygen atoms in total. The standard InChI is InChI=1S/C14H22NOP.C8H15N.C3H6O2.C2H6/c1-11-6-4-5-7-14(11)9-8-12(2)15(17)13(3)10-16;1-9-6-5-7-3-2-4-8(7)9;1-2-5-3-4;1-2/h4-7,10,12-13H,8-9,17H2,1-3H3;7-8H,2-6H2,1H3;3H,2H2,1H3;1-2H3. The summed E-state index contributed by atoms with van der Waals surface area (Å²) in [5, 5.41) is 0. The molecule has 1 heterocycles. The molecule has 0 N–H and O–H groups in total. The van der Waals surface area contributed by atoms with E-state index >= 15 is 0 Å². The van der Waals surface area contributed by atoms with Crippen LogP contribution in [0.3, 0.4) is 0 Å². The minimum atomic E-state index is -0.0353. The third-order valence-electron chi connectivity index (χ3n) is 6.54. The lowest BCUT2D eigenvalue weighted by Crippen LogP contribution is -2.33. The molecule has 0 bridgehead atoms. The Hall–Kier alpha value is -1.29. The van der Waals surface area contributed by atoms with E-state index in [1.807, 2.05) is 25.4 Å². The van der Waals surface area contributed by atoms with Gasteiger partial charge in [0.25, 0.3) is 6.47 Å². The predicted octanol–water partition coefficient (Wildman–Crippen LogP) is 5.69. The average Bonchev–Trinajstić information content (AvgIpc) is 3.45. The fraction of sp³-hybridized carbons (Fsp3) is 0.704. The van der Waals surface area contributed by atoms with Crippen LogP contribution in [0.2, 0.25) is 0 Å². The van der Waals surface area contributed by atoms with Crippen molar-refractivity contribution in [2.24, 2.45) is 5.92 Å². The molecule has 1 saturated carbocycles. The lowest BCUT2D eigenvalue weighted by atomic mass is 10.0. The second kappa shape index (κ2) is 19.1. The first kappa shape index (κ1) is 31.7. The molecular weight excluding hydrogens is 431 g/mol. The van der Waals surface area contributed by atoms with Crippen molar-refractivity contribution in [1.82, 2.24) is 9.57 Å². The molecule has 3 rings (SSSR count). The highest BCUT2D eigenvalue weighted by Gasteiger charge is 2.34. The molecule has 33 heavy (non-hydrogen) atoms. The Morgan fingerprint density at radius 1 is 1.18 bits per heavy atom. The van der Waals surface area contributed by atoms with Crippen LogP contribution in [0.1, 0.15) is 77.8 Å². The van der Waals surface area contributed by atoms with Crippen LogP contribution in [0.25, 0.3) is 0 Å². The Balaban J connectivity index is 0.000000529. The molecule has 5 atom stereocenters. The van der Waals surface area contributed by atoms with E-state index in [0.29, 0.717) is 19.1 Å². The van der Waals surface area contributed by atoms with Crippen LogP contribution >= 0.6 is 9.39 Å². The molecule has 1 aliphatic heterocycles. The van der Waals surface area contributed by atoms with E-state index < -0.39 is 0 Å². The minimum Gasteiger partial charge on any atom is -0.468 e. The van der Waals surface area contributed by atoms with Crippen LogP contribution in [0.5, 0.6) is 0 Å². The monoisotopic (exact) mass is 480 g/mol. The van der Waals surface area contributed by atoms with Crippen molar-refractivity contribution in [1.29, 1.82) is 0 Å². The molecule has 5 unspecified atom stereocenters. The summed E-state index contributed by atoms with van der Waals surface area (Å²) in [6, 6.07) is 9.81. The first-order valence-corrected chi connectivity index (χ1v) is 13.2. The summed E-state index contributed by atoms with van der Waals surface area (Å²) < 4.78 is 6.20. The first-order valence-electron chi connectivity index (χ1n) is 12.6. The van der Waals surface area contributed by atoms with E-state index in [2.05, 4.69) is 64.2 Å². The summed E-state index contributed by atoms with van der Waals surface area (Å²) in [5.41, 5.74) is 2.75. The molecule has 2 aliphatic rings. The van der Waals surface area contributed by atoms with Gasteiger partial charge in [-0.15, -0.1) is 0 Å². The Kier molecular flexibility index (Phi) is 18.3. The van der Waals surface area contributed by atoms with Crippen molar-refractivity contribution in [2.45, 2.75) is 98.2 Å². The number of fused-ring (bicyclic) bond motifs is 1. The van der Waals surface area contributed by atoms with Gasteiger partial charge in [0.2, 0.25) is 0 Å². The molecule has 0 aromatic heterocycles. The van der Waals surface area contributed by atoms with Crippen LogP contribution in [0.15, 0.2) is 24.3 Å². The second-order valence-electron chi connectivity index (χ2n) is 8.72. The number of likely N-dealkylation sites (tertiary alicyclic amines) is 1. The fourth-order valence-corrected chi connectivity index (χ4v) is 4.63. The number of carbonyl (C=O) groups excluding carboxylic acids is 2. The van der Waals surface area contributed by atoms with Gasteiger partial charge in [-0.2, -0.15) is 0 Å². The molecule has 0 spiro atoms. The number of ether oxygens (including phenoxy) is 1. The van der Waals surface area contributed by atoms with E-state index in [1.165, 1.54) is 43.4 Å². The van der Waals surface area contributed by atoms with Gasteiger partial charge in [0, 0.05) is 12.1 Å². The number of hydrogen-bond acceptors (Lipinski definition) is 5.